The molecule has 2 heterocycles. The Morgan fingerprint density at radius 1 is 1.61 bits per heavy atom. The predicted molar refractivity (Wildman–Crippen MR) is 62.4 cm³/mol. The summed E-state index contributed by atoms with van der Waals surface area (Å²) >= 11 is 0. The van der Waals surface area contributed by atoms with E-state index in [1.807, 2.05) is 6.92 Å². The Morgan fingerprint density at radius 2 is 2.44 bits per heavy atom. The van der Waals surface area contributed by atoms with Crippen LogP contribution < -0.4 is 0 Å². The molecule has 1 saturated heterocycles. The van der Waals surface area contributed by atoms with E-state index in [1.165, 1.54) is 6.26 Å². The highest BCUT2D eigenvalue weighted by Crippen LogP contribution is 2.39. The third-order valence-electron chi connectivity index (χ3n) is 3.47. The summed E-state index contributed by atoms with van der Waals surface area (Å²) in [4.78, 5) is 16.0. The van der Waals surface area contributed by atoms with Crippen molar-refractivity contribution in [3.05, 3.63) is 17.8 Å². The van der Waals surface area contributed by atoms with Crippen LogP contribution in [-0.4, -0.2) is 29.8 Å². The van der Waals surface area contributed by atoms with E-state index in [0.717, 1.165) is 32.3 Å². The summed E-state index contributed by atoms with van der Waals surface area (Å²) < 4.78 is 16.1. The molecule has 0 bridgehead atoms. The molecule has 98 valence electrons. The minimum Gasteiger partial charge on any atom is -0.458 e. The van der Waals surface area contributed by atoms with Crippen LogP contribution in [0.5, 0.6) is 0 Å². The van der Waals surface area contributed by atoms with Crippen LogP contribution in [0.3, 0.4) is 0 Å². The van der Waals surface area contributed by atoms with E-state index in [9.17, 15) is 4.79 Å². The molecule has 1 unspecified atom stereocenters. The normalized spacial score (nSPS) is 27.4. The third-order valence-corrected chi connectivity index (χ3v) is 3.47. The molecule has 0 radical (unpaired) electrons. The second-order valence-corrected chi connectivity index (χ2v) is 5.32. The maximum Gasteiger partial charge on any atom is 0.360 e. The molecule has 1 aliphatic carbocycles. The predicted octanol–water partition coefficient (Wildman–Crippen LogP) is 2.28. The van der Waals surface area contributed by atoms with E-state index >= 15 is 0 Å². The molecule has 5 heteroatoms. The van der Waals surface area contributed by atoms with E-state index < -0.39 is 5.97 Å². The average Bonchev–Trinajstić information content (AvgIpc) is 2.93. The highest BCUT2D eigenvalue weighted by molar-refractivity contribution is 5.86. The average molecular weight is 251 g/mol. The van der Waals surface area contributed by atoms with Gasteiger partial charge in [0.15, 0.2) is 11.6 Å². The van der Waals surface area contributed by atoms with Gasteiger partial charge in [0.05, 0.1) is 5.60 Å². The lowest BCUT2D eigenvalue weighted by molar-refractivity contribution is -0.0380. The van der Waals surface area contributed by atoms with Crippen LogP contribution in [0.25, 0.3) is 0 Å². The van der Waals surface area contributed by atoms with Gasteiger partial charge in [-0.05, 0) is 32.6 Å². The van der Waals surface area contributed by atoms with Gasteiger partial charge in [0.2, 0.25) is 0 Å². The van der Waals surface area contributed by atoms with E-state index in [2.05, 4.69) is 4.98 Å². The Hall–Kier alpha value is -1.36. The molecule has 2 aliphatic rings. The number of ether oxygens (including phenoxy) is 2. The lowest BCUT2D eigenvalue weighted by Crippen LogP contribution is -2.31. The fraction of sp³-hybridized carbons (Fsp3) is 0.692. The minimum absolute atomic E-state index is 0.262. The van der Waals surface area contributed by atoms with Crippen molar-refractivity contribution >= 4 is 5.97 Å². The van der Waals surface area contributed by atoms with Gasteiger partial charge in [-0.25, -0.2) is 9.78 Å². The SMILES string of the molecule is CC1(COC(=O)c2coc(C3CC3)n2)CCCO1. The lowest BCUT2D eigenvalue weighted by Gasteiger charge is -2.21. The molecule has 1 aromatic heterocycles. The van der Waals surface area contributed by atoms with Crippen LogP contribution in [0.2, 0.25) is 0 Å². The van der Waals surface area contributed by atoms with Gasteiger partial charge in [0, 0.05) is 12.5 Å². The van der Waals surface area contributed by atoms with Gasteiger partial charge in [0.1, 0.15) is 12.9 Å². The van der Waals surface area contributed by atoms with Crippen LogP contribution >= 0.6 is 0 Å². The Balaban J connectivity index is 1.56. The van der Waals surface area contributed by atoms with Crippen molar-refractivity contribution < 1.29 is 18.7 Å². The summed E-state index contributed by atoms with van der Waals surface area (Å²) in [5.41, 5.74) is -0.0721. The monoisotopic (exact) mass is 251 g/mol. The molecule has 0 spiro atoms. The standard InChI is InChI=1S/C13H17NO4/c1-13(5-2-6-18-13)8-17-12(15)10-7-16-11(14-10)9-3-4-9/h7,9H,2-6,8H2,1H3. The Labute approximate surface area is 105 Å². The van der Waals surface area contributed by atoms with Crippen LogP contribution in [0.4, 0.5) is 0 Å². The van der Waals surface area contributed by atoms with Gasteiger partial charge < -0.3 is 13.9 Å². The number of esters is 1. The number of aromatic nitrogens is 1. The molecule has 0 amide bonds. The quantitative estimate of drug-likeness (QED) is 0.768. The number of carbonyl (C=O) groups excluding carboxylic acids is 1. The highest BCUT2D eigenvalue weighted by atomic mass is 16.6. The number of oxazole rings is 1. The van der Waals surface area contributed by atoms with E-state index in [0.29, 0.717) is 11.8 Å². The molecule has 1 aromatic rings. The summed E-state index contributed by atoms with van der Waals surface area (Å²) in [7, 11) is 0. The number of hydrogen-bond acceptors (Lipinski definition) is 5. The molecule has 1 atom stereocenters. The second-order valence-electron chi connectivity index (χ2n) is 5.32. The zero-order chi connectivity index (χ0) is 12.6. The van der Waals surface area contributed by atoms with Gasteiger partial charge in [-0.2, -0.15) is 0 Å². The van der Waals surface area contributed by atoms with Crippen molar-refractivity contribution in [3.63, 3.8) is 0 Å². The summed E-state index contributed by atoms with van der Waals surface area (Å²) in [5, 5.41) is 0. The molecule has 2 fully saturated rings. The lowest BCUT2D eigenvalue weighted by atomic mass is 10.0. The number of hydrogen-bond donors (Lipinski definition) is 0. The van der Waals surface area contributed by atoms with Crippen molar-refractivity contribution in [2.75, 3.05) is 13.2 Å². The van der Waals surface area contributed by atoms with Gasteiger partial charge in [-0.3, -0.25) is 0 Å². The molecule has 1 saturated carbocycles. The first-order valence-corrected chi connectivity index (χ1v) is 6.43. The van der Waals surface area contributed by atoms with Gasteiger partial charge in [0.25, 0.3) is 0 Å². The minimum atomic E-state index is -0.428. The number of carbonyl (C=O) groups is 1. The first kappa shape index (κ1) is 11.7. The molecule has 3 rings (SSSR count). The second kappa shape index (κ2) is 4.39. The van der Waals surface area contributed by atoms with Crippen LogP contribution in [-0.2, 0) is 9.47 Å². The van der Waals surface area contributed by atoms with Gasteiger partial charge in [-0.15, -0.1) is 0 Å². The number of nitrogens with zero attached hydrogens (tertiary/aromatic N) is 1. The molecule has 0 aromatic carbocycles. The van der Waals surface area contributed by atoms with Crippen molar-refractivity contribution in [3.8, 4) is 0 Å². The summed E-state index contributed by atoms with van der Waals surface area (Å²) in [6.45, 7) is 2.98. The molecular weight excluding hydrogens is 234 g/mol. The van der Waals surface area contributed by atoms with Crippen LogP contribution in [0.15, 0.2) is 10.7 Å². The zero-order valence-corrected chi connectivity index (χ0v) is 10.5. The molecule has 18 heavy (non-hydrogen) atoms. The smallest absolute Gasteiger partial charge is 0.360 e. The van der Waals surface area contributed by atoms with Gasteiger partial charge >= 0.3 is 5.97 Å². The first-order chi connectivity index (χ1) is 8.66. The largest absolute Gasteiger partial charge is 0.458 e. The summed E-state index contributed by atoms with van der Waals surface area (Å²) in [6, 6.07) is 0. The van der Waals surface area contributed by atoms with Crippen LogP contribution in [0.1, 0.15) is 54.9 Å². The van der Waals surface area contributed by atoms with Crippen LogP contribution in [0, 0.1) is 0 Å². The molecule has 0 N–H and O–H groups in total. The van der Waals surface area contributed by atoms with E-state index in [4.69, 9.17) is 13.9 Å². The van der Waals surface area contributed by atoms with Crippen molar-refractivity contribution in [1.82, 2.24) is 4.98 Å². The highest BCUT2D eigenvalue weighted by Gasteiger charge is 2.33. The maximum absolute atomic E-state index is 11.8. The summed E-state index contributed by atoms with van der Waals surface area (Å²) in [5.74, 6) is 0.634. The van der Waals surface area contributed by atoms with Crippen molar-refractivity contribution in [2.24, 2.45) is 0 Å². The number of rotatable bonds is 4. The fourth-order valence-corrected chi connectivity index (χ4v) is 2.14. The Bertz CT molecular complexity index is 444. The van der Waals surface area contributed by atoms with Crippen molar-refractivity contribution in [1.29, 1.82) is 0 Å². The van der Waals surface area contributed by atoms with E-state index in [1.54, 1.807) is 0 Å². The maximum atomic E-state index is 11.8. The Kier molecular flexibility index (Phi) is 2.86. The third kappa shape index (κ3) is 2.41. The van der Waals surface area contributed by atoms with Crippen molar-refractivity contribution in [2.45, 2.75) is 44.1 Å². The zero-order valence-electron chi connectivity index (χ0n) is 10.5. The van der Waals surface area contributed by atoms with Gasteiger partial charge in [-0.1, -0.05) is 0 Å². The topological polar surface area (TPSA) is 61.6 Å². The molecule has 5 nitrogen and oxygen atoms in total. The Morgan fingerprint density at radius 3 is 3.11 bits per heavy atom. The fourth-order valence-electron chi connectivity index (χ4n) is 2.14. The molecule has 1 aliphatic heterocycles. The molecular formula is C13H17NO4. The van der Waals surface area contributed by atoms with E-state index in [-0.39, 0.29) is 17.9 Å². The summed E-state index contributed by atoms with van der Waals surface area (Å²) in [6.07, 6.45) is 5.52. The first-order valence-electron chi connectivity index (χ1n) is 6.43.